The van der Waals surface area contributed by atoms with Crippen molar-refractivity contribution < 1.29 is 19.1 Å². The molecule has 1 aromatic carbocycles. The number of hydrogen-bond donors (Lipinski definition) is 2. The average Bonchev–Trinajstić information content (AvgIpc) is 3.07. The minimum Gasteiger partial charge on any atom is -0.444 e. The smallest absolute Gasteiger partial charge is 0.410 e. The topological polar surface area (TPSA) is 87.7 Å². The zero-order valence-corrected chi connectivity index (χ0v) is 16.5. The fraction of sp³-hybridized carbons (Fsp3) is 0.476. The first-order valence-corrected chi connectivity index (χ1v) is 9.46. The van der Waals surface area contributed by atoms with Gasteiger partial charge in [0.15, 0.2) is 0 Å². The molecule has 0 bridgehead atoms. The van der Waals surface area contributed by atoms with Gasteiger partial charge in [-0.15, -0.1) is 0 Å². The van der Waals surface area contributed by atoms with Gasteiger partial charge in [-0.1, -0.05) is 18.7 Å². The van der Waals surface area contributed by atoms with Crippen LogP contribution in [-0.2, 0) is 16.1 Å². The summed E-state index contributed by atoms with van der Waals surface area (Å²) < 4.78 is 5.40. The summed E-state index contributed by atoms with van der Waals surface area (Å²) in [6, 6.07) is 7.23. The quantitative estimate of drug-likeness (QED) is 0.760. The van der Waals surface area contributed by atoms with Crippen molar-refractivity contribution in [2.45, 2.75) is 39.0 Å². The number of benzene rings is 1. The van der Waals surface area contributed by atoms with E-state index < -0.39 is 5.60 Å². The van der Waals surface area contributed by atoms with Crippen LogP contribution in [0.2, 0.25) is 0 Å². The van der Waals surface area contributed by atoms with Crippen molar-refractivity contribution in [1.29, 1.82) is 0 Å². The highest BCUT2D eigenvalue weighted by Crippen LogP contribution is 2.45. The summed E-state index contributed by atoms with van der Waals surface area (Å²) >= 11 is 0. The fourth-order valence-electron chi connectivity index (χ4n) is 3.49. The maximum Gasteiger partial charge on any atom is 0.410 e. The van der Waals surface area contributed by atoms with Gasteiger partial charge in [-0.3, -0.25) is 9.59 Å². The Hall–Kier alpha value is -2.83. The molecule has 0 spiro atoms. The van der Waals surface area contributed by atoms with Crippen molar-refractivity contribution in [3.8, 4) is 0 Å². The third kappa shape index (κ3) is 4.71. The minimum atomic E-state index is -0.502. The molecule has 1 heterocycles. The van der Waals surface area contributed by atoms with Gasteiger partial charge in [0.2, 0.25) is 5.91 Å². The summed E-state index contributed by atoms with van der Waals surface area (Å²) in [5.74, 6) is 0.238. The predicted octanol–water partition coefficient (Wildman–Crippen LogP) is 2.08. The van der Waals surface area contributed by atoms with E-state index in [0.29, 0.717) is 37.0 Å². The van der Waals surface area contributed by atoms with E-state index >= 15 is 0 Å². The third-order valence-corrected chi connectivity index (χ3v) is 5.01. The first kappa shape index (κ1) is 19.9. The van der Waals surface area contributed by atoms with Crippen molar-refractivity contribution >= 4 is 17.9 Å². The highest BCUT2D eigenvalue weighted by atomic mass is 16.6. The van der Waals surface area contributed by atoms with Gasteiger partial charge in [0.1, 0.15) is 5.60 Å². The lowest BCUT2D eigenvalue weighted by Gasteiger charge is -2.26. The second-order valence-corrected chi connectivity index (χ2v) is 8.33. The molecule has 2 N–H and O–H groups in total. The molecule has 150 valence electrons. The number of likely N-dealkylation sites (tertiary alicyclic amines) is 1. The van der Waals surface area contributed by atoms with Crippen LogP contribution < -0.4 is 10.6 Å². The molecule has 3 amide bonds. The number of carbonyl (C=O) groups is 3. The van der Waals surface area contributed by atoms with Crippen LogP contribution in [0.4, 0.5) is 4.79 Å². The van der Waals surface area contributed by atoms with Crippen LogP contribution in [0.5, 0.6) is 0 Å². The molecule has 28 heavy (non-hydrogen) atoms. The lowest BCUT2D eigenvalue weighted by atomic mass is 10.1. The molecule has 3 rings (SSSR count). The maximum atomic E-state index is 12.5. The van der Waals surface area contributed by atoms with Crippen LogP contribution in [-0.4, -0.2) is 47.5 Å². The second kappa shape index (κ2) is 7.66. The Labute approximate surface area is 165 Å². The fourth-order valence-corrected chi connectivity index (χ4v) is 3.49. The molecule has 1 saturated heterocycles. The average molecular weight is 385 g/mol. The van der Waals surface area contributed by atoms with E-state index in [1.807, 2.05) is 32.9 Å². The first-order chi connectivity index (χ1) is 13.2. The standard InChI is InChI=1S/C21H27N3O4/c1-5-17(25)22-10-13-6-8-14(9-7-13)19(26)23-18-15-11-24(12-16(15)18)20(27)28-21(2,3)4/h5-9,15-16,18H,1,10-12H2,2-4H3,(H,22,25)(H,23,26)/t15-,16+,18?. The second-order valence-electron chi connectivity index (χ2n) is 8.33. The minimum absolute atomic E-state index is 0.109. The van der Waals surface area contributed by atoms with Gasteiger partial charge in [-0.2, -0.15) is 0 Å². The van der Waals surface area contributed by atoms with E-state index in [0.717, 1.165) is 5.56 Å². The van der Waals surface area contributed by atoms with Gasteiger partial charge in [0.05, 0.1) is 0 Å². The summed E-state index contributed by atoms with van der Waals surface area (Å²) in [4.78, 5) is 37.5. The third-order valence-electron chi connectivity index (χ3n) is 5.01. The molecule has 2 aliphatic rings. The van der Waals surface area contributed by atoms with Crippen LogP contribution in [0.1, 0.15) is 36.7 Å². The van der Waals surface area contributed by atoms with Crippen LogP contribution in [0, 0.1) is 11.8 Å². The molecule has 7 heteroatoms. The lowest BCUT2D eigenvalue weighted by Crippen LogP contribution is -2.40. The summed E-state index contributed by atoms with van der Waals surface area (Å²) in [6.45, 7) is 10.6. The molecule has 2 fully saturated rings. The molecule has 7 nitrogen and oxygen atoms in total. The molecule has 1 aliphatic carbocycles. The number of fused-ring (bicyclic) bond motifs is 1. The van der Waals surface area contributed by atoms with E-state index in [9.17, 15) is 14.4 Å². The normalized spacial score (nSPS) is 22.8. The van der Waals surface area contributed by atoms with Crippen molar-refractivity contribution in [1.82, 2.24) is 15.5 Å². The van der Waals surface area contributed by atoms with Gasteiger partial charge in [-0.05, 0) is 44.5 Å². The lowest BCUT2D eigenvalue weighted by molar-refractivity contribution is -0.116. The van der Waals surface area contributed by atoms with Crippen molar-refractivity contribution in [3.63, 3.8) is 0 Å². The van der Waals surface area contributed by atoms with E-state index in [2.05, 4.69) is 17.2 Å². The Kier molecular flexibility index (Phi) is 5.45. The SMILES string of the molecule is C=CC(=O)NCc1ccc(C(=O)NC2[C@H]3CN(C(=O)OC(C)(C)C)C[C@@H]23)cc1. The van der Waals surface area contributed by atoms with Gasteiger partial charge >= 0.3 is 6.09 Å². The van der Waals surface area contributed by atoms with E-state index in [1.165, 1.54) is 6.08 Å². The van der Waals surface area contributed by atoms with Gasteiger partial charge in [-0.25, -0.2) is 4.79 Å². The van der Waals surface area contributed by atoms with E-state index in [-0.39, 0.29) is 23.9 Å². The molecule has 1 saturated carbocycles. The highest BCUT2D eigenvalue weighted by Gasteiger charge is 2.57. The van der Waals surface area contributed by atoms with Crippen molar-refractivity contribution in [2.75, 3.05) is 13.1 Å². The Morgan fingerprint density at radius 3 is 2.32 bits per heavy atom. The molecule has 0 radical (unpaired) electrons. The number of rotatable bonds is 5. The molecule has 0 aromatic heterocycles. The maximum absolute atomic E-state index is 12.5. The molecular weight excluding hydrogens is 358 g/mol. The predicted molar refractivity (Wildman–Crippen MR) is 105 cm³/mol. The van der Waals surface area contributed by atoms with Gasteiger partial charge in [0, 0.05) is 43.1 Å². The van der Waals surface area contributed by atoms with Crippen LogP contribution in [0.15, 0.2) is 36.9 Å². The zero-order valence-electron chi connectivity index (χ0n) is 16.5. The highest BCUT2D eigenvalue weighted by molar-refractivity contribution is 5.94. The Bertz CT molecular complexity index is 770. The summed E-state index contributed by atoms with van der Waals surface area (Å²) in [7, 11) is 0. The van der Waals surface area contributed by atoms with Crippen molar-refractivity contribution in [3.05, 3.63) is 48.0 Å². The van der Waals surface area contributed by atoms with Crippen LogP contribution in [0.3, 0.4) is 0 Å². The number of amides is 3. The first-order valence-electron chi connectivity index (χ1n) is 9.46. The van der Waals surface area contributed by atoms with Gasteiger partial charge < -0.3 is 20.3 Å². The summed E-state index contributed by atoms with van der Waals surface area (Å²) in [5.41, 5.74) is 0.980. The number of nitrogens with zero attached hydrogens (tertiary/aromatic N) is 1. The Morgan fingerprint density at radius 1 is 1.18 bits per heavy atom. The molecule has 1 aliphatic heterocycles. The Balaban J connectivity index is 1.45. The van der Waals surface area contributed by atoms with Crippen LogP contribution in [0.25, 0.3) is 0 Å². The summed E-state index contributed by atoms with van der Waals surface area (Å²) in [5, 5.41) is 5.75. The molecule has 1 unspecified atom stereocenters. The molecule has 3 atom stereocenters. The number of ether oxygens (including phenoxy) is 1. The molecular formula is C21H27N3O4. The Morgan fingerprint density at radius 2 is 1.79 bits per heavy atom. The monoisotopic (exact) mass is 385 g/mol. The number of hydrogen-bond acceptors (Lipinski definition) is 4. The van der Waals surface area contributed by atoms with Crippen LogP contribution >= 0.6 is 0 Å². The number of piperidine rings is 1. The summed E-state index contributed by atoms with van der Waals surface area (Å²) in [6.07, 6.45) is 0.932. The van der Waals surface area contributed by atoms with Crippen molar-refractivity contribution in [2.24, 2.45) is 11.8 Å². The van der Waals surface area contributed by atoms with E-state index in [4.69, 9.17) is 4.74 Å². The largest absolute Gasteiger partial charge is 0.444 e. The number of carbonyl (C=O) groups excluding carboxylic acids is 3. The van der Waals surface area contributed by atoms with E-state index in [1.54, 1.807) is 17.0 Å². The zero-order chi connectivity index (χ0) is 20.5. The van der Waals surface area contributed by atoms with Gasteiger partial charge in [0.25, 0.3) is 5.91 Å². The molecule has 1 aromatic rings. The number of nitrogens with one attached hydrogen (secondary N) is 2.